The minimum Gasteiger partial charge on any atom is -0.326 e. The Morgan fingerprint density at radius 2 is 2.16 bits per heavy atom. The number of nitrogens with one attached hydrogen (secondary N) is 1. The molecule has 0 radical (unpaired) electrons. The van der Waals surface area contributed by atoms with E-state index in [2.05, 4.69) is 18.6 Å². The van der Waals surface area contributed by atoms with E-state index in [1.54, 1.807) is 11.4 Å². The van der Waals surface area contributed by atoms with Gasteiger partial charge in [-0.2, -0.15) is 0 Å². The average Bonchev–Trinajstić information content (AvgIpc) is 2.84. The van der Waals surface area contributed by atoms with Crippen LogP contribution in [-0.4, -0.2) is 14.5 Å². The zero-order chi connectivity index (χ0) is 14.0. The van der Waals surface area contributed by atoms with Crippen molar-refractivity contribution in [3.05, 3.63) is 16.3 Å². The molecule has 2 rings (SSSR count). The summed E-state index contributed by atoms with van der Waals surface area (Å²) >= 11 is 1.40. The second-order valence-corrected chi connectivity index (χ2v) is 8.16. The third-order valence-corrected chi connectivity index (χ3v) is 6.73. The van der Waals surface area contributed by atoms with Gasteiger partial charge in [-0.25, -0.2) is 13.1 Å². The molecule has 1 aromatic heterocycles. The second kappa shape index (κ2) is 5.91. The van der Waals surface area contributed by atoms with E-state index in [1.807, 2.05) is 0 Å². The zero-order valence-electron chi connectivity index (χ0n) is 11.4. The summed E-state index contributed by atoms with van der Waals surface area (Å²) < 4.78 is 27.5. The van der Waals surface area contributed by atoms with Crippen molar-refractivity contribution in [1.82, 2.24) is 4.72 Å². The van der Waals surface area contributed by atoms with Gasteiger partial charge in [0.1, 0.15) is 0 Å². The zero-order valence-corrected chi connectivity index (χ0v) is 13.1. The number of nitrogens with two attached hydrogens (primary N) is 1. The number of hydrogen-bond acceptors (Lipinski definition) is 4. The molecule has 1 aliphatic carbocycles. The van der Waals surface area contributed by atoms with Crippen LogP contribution in [-0.2, 0) is 16.6 Å². The lowest BCUT2D eigenvalue weighted by Crippen LogP contribution is -2.43. The third-order valence-electron chi connectivity index (χ3n) is 4.15. The van der Waals surface area contributed by atoms with Gasteiger partial charge in [-0.1, -0.05) is 26.7 Å². The molecule has 0 aromatic carbocycles. The van der Waals surface area contributed by atoms with Crippen molar-refractivity contribution in [1.29, 1.82) is 0 Å². The van der Waals surface area contributed by atoms with E-state index in [0.717, 1.165) is 17.7 Å². The Labute approximate surface area is 119 Å². The van der Waals surface area contributed by atoms with Crippen molar-refractivity contribution in [2.45, 2.75) is 50.6 Å². The van der Waals surface area contributed by atoms with Gasteiger partial charge < -0.3 is 5.73 Å². The van der Waals surface area contributed by atoms with Crippen LogP contribution in [0.5, 0.6) is 0 Å². The van der Waals surface area contributed by atoms with E-state index in [1.165, 1.54) is 17.8 Å². The van der Waals surface area contributed by atoms with Gasteiger partial charge in [0.05, 0.1) is 4.90 Å². The van der Waals surface area contributed by atoms with Gasteiger partial charge in [0, 0.05) is 22.8 Å². The monoisotopic (exact) mass is 302 g/mol. The van der Waals surface area contributed by atoms with E-state index >= 15 is 0 Å². The average molecular weight is 302 g/mol. The minimum absolute atomic E-state index is 0.0509. The van der Waals surface area contributed by atoms with E-state index < -0.39 is 10.0 Å². The van der Waals surface area contributed by atoms with Crippen molar-refractivity contribution in [2.75, 3.05) is 0 Å². The predicted molar refractivity (Wildman–Crippen MR) is 78.5 cm³/mol. The normalized spacial score (nSPS) is 28.5. The van der Waals surface area contributed by atoms with E-state index in [0.29, 0.717) is 23.3 Å². The lowest BCUT2D eigenvalue weighted by atomic mass is 9.78. The highest BCUT2D eigenvalue weighted by Gasteiger charge is 2.30. The molecule has 3 unspecified atom stereocenters. The topological polar surface area (TPSA) is 72.2 Å². The molecule has 4 nitrogen and oxygen atoms in total. The first-order valence-electron chi connectivity index (χ1n) is 6.74. The molecule has 3 atom stereocenters. The van der Waals surface area contributed by atoms with Crippen molar-refractivity contribution >= 4 is 21.4 Å². The standard InChI is InChI=1S/C13H22N2O2S2/c1-9-4-3-5-13(10(9)2)15-19(16,17)12-6-11(7-14)18-8-12/h6,8-10,13,15H,3-5,7,14H2,1-2H3. The summed E-state index contributed by atoms with van der Waals surface area (Å²) in [6.45, 7) is 4.72. The van der Waals surface area contributed by atoms with E-state index in [-0.39, 0.29) is 6.04 Å². The molecule has 6 heteroatoms. The SMILES string of the molecule is CC1CCCC(NS(=O)(=O)c2csc(CN)c2)C1C. The van der Waals surface area contributed by atoms with Crippen LogP contribution in [0.25, 0.3) is 0 Å². The molecule has 1 heterocycles. The molecule has 0 bridgehead atoms. The highest BCUT2D eigenvalue weighted by molar-refractivity contribution is 7.89. The van der Waals surface area contributed by atoms with Crippen LogP contribution in [0.3, 0.4) is 0 Å². The minimum atomic E-state index is -3.40. The van der Waals surface area contributed by atoms with Gasteiger partial charge in [0.2, 0.25) is 10.0 Å². The highest BCUT2D eigenvalue weighted by atomic mass is 32.2. The van der Waals surface area contributed by atoms with Crippen LogP contribution in [0.2, 0.25) is 0 Å². The molecule has 19 heavy (non-hydrogen) atoms. The van der Waals surface area contributed by atoms with Crippen LogP contribution in [0.4, 0.5) is 0 Å². The van der Waals surface area contributed by atoms with Gasteiger partial charge in [-0.05, 0) is 24.3 Å². The van der Waals surface area contributed by atoms with Gasteiger partial charge >= 0.3 is 0 Å². The number of rotatable bonds is 4. The van der Waals surface area contributed by atoms with Crippen molar-refractivity contribution in [3.63, 3.8) is 0 Å². The van der Waals surface area contributed by atoms with Gasteiger partial charge in [-0.15, -0.1) is 11.3 Å². The summed E-state index contributed by atoms with van der Waals surface area (Å²) in [5, 5.41) is 1.67. The highest BCUT2D eigenvalue weighted by Crippen LogP contribution is 2.30. The van der Waals surface area contributed by atoms with E-state index in [4.69, 9.17) is 5.73 Å². The summed E-state index contributed by atoms with van der Waals surface area (Å²) in [7, 11) is -3.40. The maximum absolute atomic E-state index is 12.3. The summed E-state index contributed by atoms with van der Waals surface area (Å²) in [6, 6.07) is 1.72. The first kappa shape index (κ1) is 15.0. The fourth-order valence-corrected chi connectivity index (χ4v) is 5.14. The Kier molecular flexibility index (Phi) is 4.66. The van der Waals surface area contributed by atoms with Crippen molar-refractivity contribution < 1.29 is 8.42 Å². The quantitative estimate of drug-likeness (QED) is 0.896. The van der Waals surface area contributed by atoms with Crippen LogP contribution in [0, 0.1) is 11.8 Å². The Balaban J connectivity index is 2.12. The Bertz CT molecular complexity index is 525. The predicted octanol–water partition coefficient (Wildman–Crippen LogP) is 2.31. The van der Waals surface area contributed by atoms with Gasteiger partial charge in [0.25, 0.3) is 0 Å². The maximum atomic E-state index is 12.3. The van der Waals surface area contributed by atoms with Crippen LogP contribution in [0.1, 0.15) is 38.0 Å². The molecule has 0 aliphatic heterocycles. The third kappa shape index (κ3) is 3.37. The Morgan fingerprint density at radius 3 is 2.79 bits per heavy atom. The lowest BCUT2D eigenvalue weighted by Gasteiger charge is -2.34. The molecule has 1 aliphatic rings. The largest absolute Gasteiger partial charge is 0.326 e. The second-order valence-electron chi connectivity index (χ2n) is 5.45. The van der Waals surface area contributed by atoms with Crippen molar-refractivity contribution in [2.24, 2.45) is 17.6 Å². The van der Waals surface area contributed by atoms with Crippen LogP contribution in [0.15, 0.2) is 16.3 Å². The summed E-state index contributed by atoms with van der Waals surface area (Å²) in [4.78, 5) is 1.24. The first-order valence-corrected chi connectivity index (χ1v) is 9.10. The van der Waals surface area contributed by atoms with Crippen LogP contribution < -0.4 is 10.5 Å². The molecule has 1 fully saturated rings. The Hall–Kier alpha value is -0.430. The molecule has 108 valence electrons. The number of hydrogen-bond donors (Lipinski definition) is 2. The molecular formula is C13H22N2O2S2. The van der Waals surface area contributed by atoms with Crippen molar-refractivity contribution in [3.8, 4) is 0 Å². The molecule has 3 N–H and O–H groups in total. The summed E-state index contributed by atoms with van der Waals surface area (Å²) in [6.07, 6.45) is 3.21. The molecular weight excluding hydrogens is 280 g/mol. The lowest BCUT2D eigenvalue weighted by molar-refractivity contribution is 0.227. The fraction of sp³-hybridized carbons (Fsp3) is 0.692. The van der Waals surface area contributed by atoms with Crippen LogP contribution >= 0.6 is 11.3 Å². The molecule has 0 saturated heterocycles. The number of sulfonamides is 1. The van der Waals surface area contributed by atoms with Gasteiger partial charge in [-0.3, -0.25) is 0 Å². The molecule has 1 saturated carbocycles. The smallest absolute Gasteiger partial charge is 0.241 e. The first-order chi connectivity index (χ1) is 8.94. The molecule has 1 aromatic rings. The molecule has 0 spiro atoms. The Morgan fingerprint density at radius 1 is 1.42 bits per heavy atom. The van der Waals surface area contributed by atoms with Gasteiger partial charge in [0.15, 0.2) is 0 Å². The molecule has 0 amide bonds. The van der Waals surface area contributed by atoms with E-state index in [9.17, 15) is 8.42 Å². The number of thiophene rings is 1. The fourth-order valence-electron chi connectivity index (χ4n) is 2.62. The summed E-state index contributed by atoms with van der Waals surface area (Å²) in [5.41, 5.74) is 5.53. The summed E-state index contributed by atoms with van der Waals surface area (Å²) in [5.74, 6) is 0.958. The maximum Gasteiger partial charge on any atom is 0.241 e.